The third-order valence-corrected chi connectivity index (χ3v) is 4.84. The summed E-state index contributed by atoms with van der Waals surface area (Å²) in [5.74, 6) is 0.137. The topological polar surface area (TPSA) is 102 Å². The van der Waals surface area contributed by atoms with Crippen molar-refractivity contribution in [2.75, 3.05) is 25.5 Å². The molecular formula is C20H21N3O5. The summed E-state index contributed by atoms with van der Waals surface area (Å²) in [5, 5.41) is 13.6. The maximum absolute atomic E-state index is 12.6. The smallest absolute Gasteiger partial charge is 0.269 e. The molecule has 0 aliphatic carbocycles. The van der Waals surface area contributed by atoms with Crippen LogP contribution in [0.15, 0.2) is 48.5 Å². The largest absolute Gasteiger partial charge is 0.495 e. The number of anilines is 1. The highest BCUT2D eigenvalue weighted by atomic mass is 16.6. The number of likely N-dealkylation sites (tertiary alicyclic amines) is 1. The number of amides is 2. The minimum absolute atomic E-state index is 0.0525. The fourth-order valence-electron chi connectivity index (χ4n) is 3.24. The quantitative estimate of drug-likeness (QED) is 0.631. The highest BCUT2D eigenvalue weighted by molar-refractivity contribution is 5.96. The van der Waals surface area contributed by atoms with Crippen molar-refractivity contribution in [2.24, 2.45) is 5.92 Å². The maximum Gasteiger partial charge on any atom is 0.269 e. The number of hydrogen-bond donors (Lipinski definition) is 1. The van der Waals surface area contributed by atoms with E-state index in [1.807, 2.05) is 12.1 Å². The number of nitrogens with one attached hydrogen (secondary N) is 1. The van der Waals surface area contributed by atoms with Crippen molar-refractivity contribution in [3.63, 3.8) is 0 Å². The molecule has 1 aliphatic heterocycles. The molecule has 0 radical (unpaired) electrons. The monoisotopic (exact) mass is 383 g/mol. The van der Waals surface area contributed by atoms with Gasteiger partial charge in [0.15, 0.2) is 0 Å². The fourth-order valence-corrected chi connectivity index (χ4v) is 3.24. The van der Waals surface area contributed by atoms with Gasteiger partial charge in [-0.2, -0.15) is 0 Å². The lowest BCUT2D eigenvalue weighted by molar-refractivity contribution is -0.384. The van der Waals surface area contributed by atoms with Crippen LogP contribution >= 0.6 is 0 Å². The van der Waals surface area contributed by atoms with E-state index >= 15 is 0 Å². The Labute approximate surface area is 162 Å². The van der Waals surface area contributed by atoms with Crippen molar-refractivity contribution in [3.8, 4) is 5.75 Å². The zero-order chi connectivity index (χ0) is 20.1. The Hall–Kier alpha value is -3.42. The van der Waals surface area contributed by atoms with Crippen molar-refractivity contribution in [1.29, 1.82) is 0 Å². The summed E-state index contributed by atoms with van der Waals surface area (Å²) in [6.45, 7) is 0.916. The van der Waals surface area contributed by atoms with Gasteiger partial charge in [0.25, 0.3) is 11.6 Å². The summed E-state index contributed by atoms with van der Waals surface area (Å²) in [7, 11) is 1.55. The molecule has 1 aliphatic rings. The molecule has 1 saturated heterocycles. The van der Waals surface area contributed by atoms with Crippen molar-refractivity contribution in [2.45, 2.75) is 12.8 Å². The van der Waals surface area contributed by atoms with Gasteiger partial charge in [0, 0.05) is 36.7 Å². The molecule has 0 atom stereocenters. The second-order valence-corrected chi connectivity index (χ2v) is 6.56. The fraction of sp³-hybridized carbons (Fsp3) is 0.300. The third kappa shape index (κ3) is 4.28. The van der Waals surface area contributed by atoms with Crippen LogP contribution < -0.4 is 10.1 Å². The van der Waals surface area contributed by atoms with Crippen molar-refractivity contribution < 1.29 is 19.2 Å². The minimum atomic E-state index is -0.500. The number of non-ortho nitro benzene ring substituents is 1. The van der Waals surface area contributed by atoms with E-state index in [2.05, 4.69) is 5.32 Å². The maximum atomic E-state index is 12.6. The van der Waals surface area contributed by atoms with Crippen LogP contribution in [-0.2, 0) is 4.79 Å². The van der Waals surface area contributed by atoms with Gasteiger partial charge in [0.2, 0.25) is 5.91 Å². The van der Waals surface area contributed by atoms with E-state index in [1.165, 1.54) is 24.3 Å². The summed E-state index contributed by atoms with van der Waals surface area (Å²) in [4.78, 5) is 37.0. The number of carbonyl (C=O) groups is 2. The van der Waals surface area contributed by atoms with Gasteiger partial charge in [0.05, 0.1) is 17.7 Å². The molecule has 0 spiro atoms. The number of ether oxygens (including phenoxy) is 1. The van der Waals surface area contributed by atoms with Crippen LogP contribution in [0, 0.1) is 16.0 Å². The SMILES string of the molecule is COc1ccccc1NC(=O)C1CCN(C(=O)c2ccc([N+](=O)[O-])cc2)CC1. The standard InChI is InChI=1S/C20H21N3O5/c1-28-18-5-3-2-4-17(18)21-19(24)14-10-12-22(13-11-14)20(25)15-6-8-16(9-7-15)23(26)27/h2-9,14H,10-13H2,1H3,(H,21,24). The van der Waals surface area contributed by atoms with Gasteiger partial charge in [-0.3, -0.25) is 19.7 Å². The van der Waals surface area contributed by atoms with Crippen molar-refractivity contribution in [1.82, 2.24) is 4.90 Å². The summed E-state index contributed by atoms with van der Waals surface area (Å²) < 4.78 is 5.24. The highest BCUT2D eigenvalue weighted by Crippen LogP contribution is 2.26. The van der Waals surface area contributed by atoms with Gasteiger partial charge >= 0.3 is 0 Å². The number of benzene rings is 2. The van der Waals surface area contributed by atoms with Crippen LogP contribution in [0.5, 0.6) is 5.75 Å². The van der Waals surface area contributed by atoms with Crippen molar-refractivity contribution in [3.05, 3.63) is 64.2 Å². The second-order valence-electron chi connectivity index (χ2n) is 6.56. The molecule has 0 unspecified atom stereocenters. The molecule has 0 saturated carbocycles. The molecule has 1 fully saturated rings. The van der Waals surface area contributed by atoms with Crippen LogP contribution in [0.4, 0.5) is 11.4 Å². The summed E-state index contributed by atoms with van der Waals surface area (Å²) in [6.07, 6.45) is 1.11. The van der Waals surface area contributed by atoms with Crippen LogP contribution in [0.2, 0.25) is 0 Å². The number of hydrogen-bond acceptors (Lipinski definition) is 5. The normalized spacial score (nSPS) is 14.4. The number of carbonyl (C=O) groups excluding carboxylic acids is 2. The number of piperidine rings is 1. The number of rotatable bonds is 5. The van der Waals surface area contributed by atoms with E-state index in [4.69, 9.17) is 4.74 Å². The first kappa shape index (κ1) is 19.3. The van der Waals surface area contributed by atoms with Gasteiger partial charge in [-0.05, 0) is 37.1 Å². The second kappa shape index (κ2) is 8.51. The number of nitrogens with zero attached hydrogens (tertiary/aromatic N) is 2. The average Bonchev–Trinajstić information content (AvgIpc) is 2.73. The zero-order valence-electron chi connectivity index (χ0n) is 15.5. The highest BCUT2D eigenvalue weighted by Gasteiger charge is 2.28. The molecular weight excluding hydrogens is 362 g/mol. The summed E-state index contributed by atoms with van der Waals surface area (Å²) in [6, 6.07) is 12.8. The Morgan fingerprint density at radius 1 is 1.11 bits per heavy atom. The molecule has 28 heavy (non-hydrogen) atoms. The van der Waals surface area contributed by atoms with Crippen molar-refractivity contribution >= 4 is 23.2 Å². The van der Waals surface area contributed by atoms with Gasteiger partial charge in [-0.1, -0.05) is 12.1 Å². The molecule has 1 N–H and O–H groups in total. The first-order valence-corrected chi connectivity index (χ1v) is 8.97. The molecule has 8 nitrogen and oxygen atoms in total. The van der Waals surface area contributed by atoms with E-state index in [9.17, 15) is 19.7 Å². The molecule has 1 heterocycles. The molecule has 8 heteroatoms. The first-order chi connectivity index (χ1) is 13.5. The molecule has 0 aromatic heterocycles. The number of methoxy groups -OCH3 is 1. The van der Waals surface area contributed by atoms with Crippen LogP contribution in [0.1, 0.15) is 23.2 Å². The van der Waals surface area contributed by atoms with Gasteiger partial charge in [-0.25, -0.2) is 0 Å². The predicted octanol–water partition coefficient (Wildman–Crippen LogP) is 3.09. The van der Waals surface area contributed by atoms with Gasteiger partial charge in [-0.15, -0.1) is 0 Å². The lowest BCUT2D eigenvalue weighted by atomic mass is 9.95. The molecule has 3 rings (SSSR count). The van der Waals surface area contributed by atoms with E-state index < -0.39 is 4.92 Å². The Morgan fingerprint density at radius 2 is 1.75 bits per heavy atom. The van der Waals surface area contributed by atoms with Crippen LogP contribution in [-0.4, -0.2) is 41.8 Å². The average molecular weight is 383 g/mol. The van der Waals surface area contributed by atoms with E-state index in [0.717, 1.165) is 0 Å². The summed E-state index contributed by atoms with van der Waals surface area (Å²) >= 11 is 0. The lowest BCUT2D eigenvalue weighted by Gasteiger charge is -2.31. The van der Waals surface area contributed by atoms with Gasteiger partial charge < -0.3 is 15.0 Å². The van der Waals surface area contributed by atoms with E-state index in [1.54, 1.807) is 24.1 Å². The van der Waals surface area contributed by atoms with Gasteiger partial charge in [0.1, 0.15) is 5.75 Å². The number of para-hydroxylation sites is 2. The summed E-state index contributed by atoms with van der Waals surface area (Å²) in [5.41, 5.74) is 0.977. The number of nitro benzene ring substituents is 1. The minimum Gasteiger partial charge on any atom is -0.495 e. The Balaban J connectivity index is 1.57. The molecule has 2 amide bonds. The lowest BCUT2D eigenvalue weighted by Crippen LogP contribution is -2.41. The first-order valence-electron chi connectivity index (χ1n) is 8.97. The number of nitro groups is 1. The molecule has 0 bridgehead atoms. The molecule has 2 aromatic rings. The third-order valence-electron chi connectivity index (χ3n) is 4.84. The Kier molecular flexibility index (Phi) is 5.88. The van der Waals surface area contributed by atoms with Crippen LogP contribution in [0.25, 0.3) is 0 Å². The van der Waals surface area contributed by atoms with Crippen LogP contribution in [0.3, 0.4) is 0 Å². The molecule has 2 aromatic carbocycles. The Bertz CT molecular complexity index is 874. The van der Waals surface area contributed by atoms with E-state index in [0.29, 0.717) is 42.9 Å². The zero-order valence-corrected chi connectivity index (χ0v) is 15.5. The predicted molar refractivity (Wildman–Crippen MR) is 103 cm³/mol. The Morgan fingerprint density at radius 3 is 2.36 bits per heavy atom. The molecule has 146 valence electrons. The van der Waals surface area contributed by atoms with E-state index in [-0.39, 0.29) is 23.4 Å².